The molecule has 0 aliphatic heterocycles. The molecule has 12 heavy (non-hydrogen) atoms. The second-order valence-electron chi connectivity index (χ2n) is 2.47. The molecule has 0 amide bonds. The minimum atomic E-state index is -0.960. The van der Waals surface area contributed by atoms with Crippen LogP contribution in [-0.4, -0.2) is 29.1 Å². The molecule has 0 bridgehead atoms. The van der Waals surface area contributed by atoms with E-state index in [4.69, 9.17) is 4.74 Å². The van der Waals surface area contributed by atoms with Crippen LogP contribution in [0.3, 0.4) is 0 Å². The standard InChI is InChI=1S/C8H9BrO3/c1-12-8(9)4-6(5-10)2-3-7(8)11/h2-5,7,11H,1H3. The van der Waals surface area contributed by atoms with Crippen molar-refractivity contribution < 1.29 is 14.6 Å². The van der Waals surface area contributed by atoms with Crippen molar-refractivity contribution in [3.63, 3.8) is 0 Å². The molecule has 0 aromatic heterocycles. The number of alkyl halides is 1. The molecular weight excluding hydrogens is 224 g/mol. The summed E-state index contributed by atoms with van der Waals surface area (Å²) in [7, 11) is 1.45. The van der Waals surface area contributed by atoms with Crippen LogP contribution in [0.2, 0.25) is 0 Å². The molecule has 4 heteroatoms. The van der Waals surface area contributed by atoms with Gasteiger partial charge in [-0.3, -0.25) is 4.79 Å². The van der Waals surface area contributed by atoms with Gasteiger partial charge in [-0.1, -0.05) is 12.2 Å². The zero-order valence-corrected chi connectivity index (χ0v) is 8.11. The second-order valence-corrected chi connectivity index (χ2v) is 3.71. The van der Waals surface area contributed by atoms with Crippen molar-refractivity contribution in [1.82, 2.24) is 0 Å². The minimum Gasteiger partial charge on any atom is -0.385 e. The van der Waals surface area contributed by atoms with Crippen molar-refractivity contribution >= 4 is 22.2 Å². The van der Waals surface area contributed by atoms with E-state index in [1.165, 1.54) is 19.3 Å². The third-order valence-electron chi connectivity index (χ3n) is 1.69. The van der Waals surface area contributed by atoms with Gasteiger partial charge in [0.2, 0.25) is 0 Å². The number of aliphatic hydroxyl groups excluding tert-OH is 1. The molecule has 0 saturated carbocycles. The topological polar surface area (TPSA) is 46.5 Å². The third-order valence-corrected chi connectivity index (χ3v) is 2.71. The zero-order valence-electron chi connectivity index (χ0n) is 6.53. The third kappa shape index (κ3) is 1.65. The molecule has 0 radical (unpaired) electrons. The lowest BCUT2D eigenvalue weighted by atomic mass is 10.0. The average molecular weight is 233 g/mol. The Morgan fingerprint density at radius 3 is 3.00 bits per heavy atom. The molecule has 1 rings (SSSR count). The number of carbonyl (C=O) groups is 1. The summed E-state index contributed by atoms with van der Waals surface area (Å²) in [5.74, 6) is 0. The van der Waals surface area contributed by atoms with Gasteiger partial charge < -0.3 is 9.84 Å². The molecule has 1 aliphatic carbocycles. The van der Waals surface area contributed by atoms with Crippen LogP contribution in [0, 0.1) is 0 Å². The van der Waals surface area contributed by atoms with E-state index in [9.17, 15) is 9.90 Å². The zero-order chi connectivity index (χ0) is 9.19. The molecule has 0 fully saturated rings. The Labute approximate surface area is 78.8 Å². The number of ether oxygens (including phenoxy) is 1. The van der Waals surface area contributed by atoms with Crippen molar-refractivity contribution in [2.24, 2.45) is 0 Å². The van der Waals surface area contributed by atoms with Crippen molar-refractivity contribution in [3.05, 3.63) is 23.8 Å². The molecule has 0 aromatic carbocycles. The molecule has 66 valence electrons. The molecule has 0 spiro atoms. The van der Waals surface area contributed by atoms with E-state index in [2.05, 4.69) is 15.9 Å². The molecule has 1 N–H and O–H groups in total. The van der Waals surface area contributed by atoms with Gasteiger partial charge in [-0.25, -0.2) is 0 Å². The second kappa shape index (κ2) is 3.51. The molecule has 0 aromatic rings. The van der Waals surface area contributed by atoms with Crippen molar-refractivity contribution in [1.29, 1.82) is 0 Å². The maximum atomic E-state index is 10.4. The predicted octanol–water partition coefficient (Wildman–Crippen LogP) is 0.780. The lowest BCUT2D eigenvalue weighted by Gasteiger charge is -2.28. The normalized spacial score (nSPS) is 34.6. The predicted molar refractivity (Wildman–Crippen MR) is 48.0 cm³/mol. The summed E-state index contributed by atoms with van der Waals surface area (Å²) >= 11 is 3.18. The van der Waals surface area contributed by atoms with E-state index in [-0.39, 0.29) is 0 Å². The van der Waals surface area contributed by atoms with Crippen LogP contribution in [0.15, 0.2) is 23.8 Å². The van der Waals surface area contributed by atoms with Gasteiger partial charge in [0.1, 0.15) is 12.4 Å². The number of aldehydes is 1. The quantitative estimate of drug-likeness (QED) is 0.566. The Morgan fingerprint density at radius 1 is 1.83 bits per heavy atom. The first-order chi connectivity index (χ1) is 5.62. The summed E-state index contributed by atoms with van der Waals surface area (Å²) < 4.78 is 4.04. The highest BCUT2D eigenvalue weighted by Gasteiger charge is 2.33. The van der Waals surface area contributed by atoms with Crippen LogP contribution < -0.4 is 0 Å². The van der Waals surface area contributed by atoms with Crippen molar-refractivity contribution in [3.8, 4) is 0 Å². The number of allylic oxidation sites excluding steroid dienone is 2. The molecule has 1 aliphatic rings. The molecular formula is C8H9BrO3. The van der Waals surface area contributed by atoms with E-state index in [1.54, 1.807) is 6.08 Å². The van der Waals surface area contributed by atoms with Crippen LogP contribution in [-0.2, 0) is 9.53 Å². The largest absolute Gasteiger partial charge is 0.385 e. The molecule has 2 atom stereocenters. The Balaban J connectivity index is 2.95. The summed E-state index contributed by atoms with van der Waals surface area (Å²) in [6, 6.07) is 0. The smallest absolute Gasteiger partial charge is 0.171 e. The number of rotatable bonds is 2. The van der Waals surface area contributed by atoms with E-state index < -0.39 is 10.6 Å². The first kappa shape index (κ1) is 9.64. The summed E-state index contributed by atoms with van der Waals surface area (Å²) in [5, 5.41) is 9.42. The molecule has 0 heterocycles. The fourth-order valence-electron chi connectivity index (χ4n) is 0.947. The number of aliphatic hydroxyl groups is 1. The lowest BCUT2D eigenvalue weighted by Crippen LogP contribution is -2.36. The Morgan fingerprint density at radius 2 is 2.50 bits per heavy atom. The SMILES string of the molecule is COC1(Br)C=C(C=O)C=CC1O. The van der Waals surface area contributed by atoms with Gasteiger partial charge in [0, 0.05) is 12.7 Å². The lowest BCUT2D eigenvalue weighted by molar-refractivity contribution is -0.104. The maximum absolute atomic E-state index is 10.4. The Hall–Kier alpha value is -0.450. The van der Waals surface area contributed by atoms with E-state index in [0.717, 1.165) is 0 Å². The van der Waals surface area contributed by atoms with Crippen LogP contribution in [0.4, 0.5) is 0 Å². The molecule has 3 nitrogen and oxygen atoms in total. The fourth-order valence-corrected chi connectivity index (χ4v) is 1.36. The van der Waals surface area contributed by atoms with E-state index in [1.807, 2.05) is 0 Å². The average Bonchev–Trinajstić information content (AvgIpc) is 2.10. The minimum absolute atomic E-state index is 0.485. The maximum Gasteiger partial charge on any atom is 0.171 e. The van der Waals surface area contributed by atoms with Crippen molar-refractivity contribution in [2.75, 3.05) is 7.11 Å². The van der Waals surface area contributed by atoms with Crippen LogP contribution >= 0.6 is 15.9 Å². The van der Waals surface area contributed by atoms with E-state index >= 15 is 0 Å². The van der Waals surface area contributed by atoms with Gasteiger partial charge in [0.15, 0.2) is 4.51 Å². The van der Waals surface area contributed by atoms with Gasteiger partial charge in [0.25, 0.3) is 0 Å². The molecule has 0 saturated heterocycles. The van der Waals surface area contributed by atoms with E-state index in [0.29, 0.717) is 11.9 Å². The Kier molecular flexibility index (Phi) is 2.82. The summed E-state index contributed by atoms with van der Waals surface area (Å²) in [5.41, 5.74) is 0.485. The number of methoxy groups -OCH3 is 1. The highest BCUT2D eigenvalue weighted by atomic mass is 79.9. The number of hydrogen-bond donors (Lipinski definition) is 1. The van der Waals surface area contributed by atoms with Gasteiger partial charge >= 0.3 is 0 Å². The van der Waals surface area contributed by atoms with Gasteiger partial charge in [-0.15, -0.1) is 0 Å². The fraction of sp³-hybridized carbons (Fsp3) is 0.375. The van der Waals surface area contributed by atoms with Crippen LogP contribution in [0.1, 0.15) is 0 Å². The van der Waals surface area contributed by atoms with Gasteiger partial charge in [0.05, 0.1) is 0 Å². The van der Waals surface area contributed by atoms with Crippen LogP contribution in [0.25, 0.3) is 0 Å². The number of carbonyl (C=O) groups excluding carboxylic acids is 1. The highest BCUT2D eigenvalue weighted by molar-refractivity contribution is 9.10. The summed E-state index contributed by atoms with van der Waals surface area (Å²) in [6.07, 6.45) is 4.52. The number of hydrogen-bond acceptors (Lipinski definition) is 3. The van der Waals surface area contributed by atoms with Crippen molar-refractivity contribution in [2.45, 2.75) is 10.6 Å². The highest BCUT2D eigenvalue weighted by Crippen LogP contribution is 2.30. The van der Waals surface area contributed by atoms with Gasteiger partial charge in [-0.05, 0) is 22.0 Å². The molecule has 2 unspecified atom stereocenters. The summed E-state index contributed by atoms with van der Waals surface area (Å²) in [6.45, 7) is 0. The first-order valence-electron chi connectivity index (χ1n) is 3.41. The van der Waals surface area contributed by atoms with Gasteiger partial charge in [-0.2, -0.15) is 0 Å². The Bertz CT molecular complexity index is 247. The summed E-state index contributed by atoms with van der Waals surface area (Å²) in [4.78, 5) is 10.4. The number of halogens is 1. The first-order valence-corrected chi connectivity index (χ1v) is 4.20. The monoisotopic (exact) mass is 232 g/mol. The van der Waals surface area contributed by atoms with Crippen LogP contribution in [0.5, 0.6) is 0 Å².